The smallest absolute Gasteiger partial charge is 0.254 e. The molecule has 0 unspecified atom stereocenters. The second kappa shape index (κ2) is 5.19. The van der Waals surface area contributed by atoms with Crippen molar-refractivity contribution in [3.8, 4) is 0 Å². The summed E-state index contributed by atoms with van der Waals surface area (Å²) in [5.41, 5.74) is 1.86. The van der Waals surface area contributed by atoms with Crippen LogP contribution in [-0.4, -0.2) is 53.4 Å². The molecule has 2 heterocycles. The number of carbonyl (C=O) groups is 1. The van der Waals surface area contributed by atoms with E-state index in [1.54, 1.807) is 0 Å². The van der Waals surface area contributed by atoms with Crippen LogP contribution in [0.2, 0.25) is 0 Å². The van der Waals surface area contributed by atoms with Crippen LogP contribution in [0.1, 0.15) is 23.2 Å². The molecule has 21 heavy (non-hydrogen) atoms. The van der Waals surface area contributed by atoms with Crippen LogP contribution in [0.4, 0.5) is 0 Å². The summed E-state index contributed by atoms with van der Waals surface area (Å²) in [7, 11) is 0. The number of carbonyl (C=O) groups excluding carboxylic acids is 1. The Balaban J connectivity index is 1.46. The van der Waals surface area contributed by atoms with Crippen molar-refractivity contribution < 1.29 is 4.79 Å². The van der Waals surface area contributed by atoms with E-state index in [0.29, 0.717) is 0 Å². The molecule has 1 aliphatic carbocycles. The number of amides is 1. The second-order valence-corrected chi connectivity index (χ2v) is 6.28. The number of fused-ring (bicyclic) bond motifs is 1. The molecular weight excluding hydrogens is 262 g/mol. The summed E-state index contributed by atoms with van der Waals surface area (Å²) < 4.78 is 0. The molecule has 0 radical (unpaired) electrons. The predicted octanol–water partition coefficient (Wildman–Crippen LogP) is 2.34. The highest BCUT2D eigenvalue weighted by atomic mass is 16.2. The average Bonchev–Trinajstić information content (AvgIpc) is 3.20. The molecule has 1 aliphatic heterocycles. The first-order chi connectivity index (χ1) is 10.3. The van der Waals surface area contributed by atoms with E-state index in [0.717, 1.165) is 48.6 Å². The second-order valence-electron chi connectivity index (χ2n) is 6.28. The molecular formula is C17H21N3O. The summed E-state index contributed by atoms with van der Waals surface area (Å²) >= 11 is 0. The molecule has 4 rings (SSSR count). The molecule has 0 bridgehead atoms. The standard InChI is InChI=1S/C17H21N3O/c21-17(15-2-1-3-16-14(15)6-7-18-16)20-10-8-19(9-11-20)12-13-4-5-13/h1-3,6-7,13,18H,4-5,8-12H2. The summed E-state index contributed by atoms with van der Waals surface area (Å²) in [6.07, 6.45) is 4.69. The number of aromatic nitrogens is 1. The first kappa shape index (κ1) is 12.9. The van der Waals surface area contributed by atoms with Gasteiger partial charge in [0.1, 0.15) is 0 Å². The number of rotatable bonds is 3. The van der Waals surface area contributed by atoms with Crippen LogP contribution in [0.3, 0.4) is 0 Å². The number of H-pyrrole nitrogens is 1. The van der Waals surface area contributed by atoms with Crippen LogP contribution in [-0.2, 0) is 0 Å². The Hall–Kier alpha value is -1.81. The zero-order chi connectivity index (χ0) is 14.2. The number of hydrogen-bond donors (Lipinski definition) is 1. The van der Waals surface area contributed by atoms with E-state index in [1.165, 1.54) is 19.4 Å². The average molecular weight is 283 g/mol. The molecule has 0 atom stereocenters. The van der Waals surface area contributed by atoms with Gasteiger partial charge in [0.05, 0.1) is 0 Å². The fourth-order valence-corrected chi connectivity index (χ4v) is 3.24. The van der Waals surface area contributed by atoms with Gasteiger partial charge >= 0.3 is 0 Å². The van der Waals surface area contributed by atoms with Crippen LogP contribution in [0.25, 0.3) is 10.9 Å². The van der Waals surface area contributed by atoms with Gasteiger partial charge in [-0.3, -0.25) is 9.69 Å². The molecule has 1 aromatic heterocycles. The fraction of sp³-hybridized carbons (Fsp3) is 0.471. The molecule has 1 saturated carbocycles. The summed E-state index contributed by atoms with van der Waals surface area (Å²) in [6.45, 7) is 4.98. The molecule has 2 aliphatic rings. The lowest BCUT2D eigenvalue weighted by molar-refractivity contribution is 0.0634. The van der Waals surface area contributed by atoms with E-state index in [4.69, 9.17) is 0 Å². The zero-order valence-corrected chi connectivity index (χ0v) is 12.2. The molecule has 4 heteroatoms. The van der Waals surface area contributed by atoms with E-state index in [2.05, 4.69) is 9.88 Å². The molecule has 2 aromatic rings. The van der Waals surface area contributed by atoms with E-state index in [9.17, 15) is 4.79 Å². The van der Waals surface area contributed by atoms with Gasteiger partial charge in [-0.15, -0.1) is 0 Å². The van der Waals surface area contributed by atoms with Gasteiger partial charge in [0.25, 0.3) is 5.91 Å². The van der Waals surface area contributed by atoms with E-state index >= 15 is 0 Å². The van der Waals surface area contributed by atoms with Crippen molar-refractivity contribution in [2.24, 2.45) is 5.92 Å². The Kier molecular flexibility index (Phi) is 3.19. The van der Waals surface area contributed by atoms with Crippen molar-refractivity contribution in [3.05, 3.63) is 36.0 Å². The van der Waals surface area contributed by atoms with Crippen molar-refractivity contribution in [1.29, 1.82) is 0 Å². The molecule has 0 spiro atoms. The fourth-order valence-electron chi connectivity index (χ4n) is 3.24. The minimum Gasteiger partial charge on any atom is -0.361 e. The highest BCUT2D eigenvalue weighted by Crippen LogP contribution is 2.30. The quantitative estimate of drug-likeness (QED) is 0.939. The highest BCUT2D eigenvalue weighted by Gasteiger charge is 2.28. The third-order valence-electron chi connectivity index (χ3n) is 4.70. The minimum atomic E-state index is 0.172. The molecule has 4 nitrogen and oxygen atoms in total. The highest BCUT2D eigenvalue weighted by molar-refractivity contribution is 6.06. The number of benzene rings is 1. The van der Waals surface area contributed by atoms with Crippen molar-refractivity contribution in [3.63, 3.8) is 0 Å². The first-order valence-electron chi connectivity index (χ1n) is 7.89. The molecule has 1 saturated heterocycles. The Bertz CT molecular complexity index is 651. The molecule has 2 fully saturated rings. The summed E-state index contributed by atoms with van der Waals surface area (Å²) in [6, 6.07) is 7.90. The van der Waals surface area contributed by atoms with Crippen LogP contribution < -0.4 is 0 Å². The van der Waals surface area contributed by atoms with Crippen LogP contribution in [0.5, 0.6) is 0 Å². The van der Waals surface area contributed by atoms with Crippen molar-refractivity contribution >= 4 is 16.8 Å². The van der Waals surface area contributed by atoms with Gasteiger partial charge < -0.3 is 9.88 Å². The Labute approximate surface area is 124 Å². The number of aromatic amines is 1. The first-order valence-corrected chi connectivity index (χ1v) is 7.89. The van der Waals surface area contributed by atoms with Gasteiger partial charge in [0, 0.05) is 55.4 Å². The van der Waals surface area contributed by atoms with Gasteiger partial charge in [-0.05, 0) is 37.0 Å². The SMILES string of the molecule is O=C(c1cccc2[nH]ccc12)N1CCN(CC2CC2)CC1. The normalized spacial score (nSPS) is 20.1. The maximum Gasteiger partial charge on any atom is 0.254 e. The Morgan fingerprint density at radius 3 is 2.71 bits per heavy atom. The lowest BCUT2D eigenvalue weighted by atomic mass is 10.1. The van der Waals surface area contributed by atoms with Crippen molar-refractivity contribution in [1.82, 2.24) is 14.8 Å². The van der Waals surface area contributed by atoms with E-state index in [1.807, 2.05) is 35.4 Å². The van der Waals surface area contributed by atoms with E-state index in [-0.39, 0.29) is 5.91 Å². The predicted molar refractivity (Wildman–Crippen MR) is 83.4 cm³/mol. The number of piperazine rings is 1. The molecule has 110 valence electrons. The van der Waals surface area contributed by atoms with Gasteiger partial charge in [-0.2, -0.15) is 0 Å². The largest absolute Gasteiger partial charge is 0.361 e. The van der Waals surface area contributed by atoms with Crippen LogP contribution in [0, 0.1) is 5.92 Å². The maximum atomic E-state index is 12.7. The molecule has 1 N–H and O–H groups in total. The summed E-state index contributed by atoms with van der Waals surface area (Å²) in [4.78, 5) is 20.4. The third kappa shape index (κ3) is 2.56. The minimum absolute atomic E-state index is 0.172. The number of hydrogen-bond acceptors (Lipinski definition) is 2. The van der Waals surface area contributed by atoms with Gasteiger partial charge in [-0.1, -0.05) is 6.07 Å². The maximum absolute atomic E-state index is 12.7. The van der Waals surface area contributed by atoms with Gasteiger partial charge in [-0.25, -0.2) is 0 Å². The van der Waals surface area contributed by atoms with Gasteiger partial charge in [0.2, 0.25) is 0 Å². The lowest BCUT2D eigenvalue weighted by Crippen LogP contribution is -2.49. The van der Waals surface area contributed by atoms with Gasteiger partial charge in [0.15, 0.2) is 0 Å². The van der Waals surface area contributed by atoms with Crippen molar-refractivity contribution in [2.45, 2.75) is 12.8 Å². The van der Waals surface area contributed by atoms with Crippen LogP contribution in [0.15, 0.2) is 30.5 Å². The molecule has 1 aromatic carbocycles. The van der Waals surface area contributed by atoms with Crippen LogP contribution >= 0.6 is 0 Å². The Morgan fingerprint density at radius 2 is 1.95 bits per heavy atom. The summed E-state index contributed by atoms with van der Waals surface area (Å²) in [5, 5.41) is 1.03. The number of nitrogens with zero attached hydrogens (tertiary/aromatic N) is 2. The summed E-state index contributed by atoms with van der Waals surface area (Å²) in [5.74, 6) is 1.10. The lowest BCUT2D eigenvalue weighted by Gasteiger charge is -2.35. The monoisotopic (exact) mass is 283 g/mol. The van der Waals surface area contributed by atoms with E-state index < -0.39 is 0 Å². The Morgan fingerprint density at radius 1 is 1.14 bits per heavy atom. The zero-order valence-electron chi connectivity index (χ0n) is 12.2. The third-order valence-corrected chi connectivity index (χ3v) is 4.70. The van der Waals surface area contributed by atoms with Crippen molar-refractivity contribution in [2.75, 3.05) is 32.7 Å². The molecule has 1 amide bonds. The topological polar surface area (TPSA) is 39.3 Å². The number of nitrogens with one attached hydrogen (secondary N) is 1.